The van der Waals surface area contributed by atoms with Crippen LogP contribution in [0, 0.1) is 0 Å². The molecule has 2 heterocycles. The van der Waals surface area contributed by atoms with E-state index in [0.717, 1.165) is 6.42 Å². The van der Waals surface area contributed by atoms with Crippen molar-refractivity contribution < 1.29 is 44.2 Å². The highest BCUT2D eigenvalue weighted by Crippen LogP contribution is 2.35. The lowest BCUT2D eigenvalue weighted by atomic mass is 9.99. The zero-order chi connectivity index (χ0) is 22.5. The van der Waals surface area contributed by atoms with Gasteiger partial charge in [0.1, 0.15) is 35.7 Å². The van der Waals surface area contributed by atoms with E-state index in [2.05, 4.69) is 0 Å². The smallest absolute Gasteiger partial charge is 0.383 e. The van der Waals surface area contributed by atoms with Crippen LogP contribution in [0.25, 0.3) is 11.0 Å². The quantitative estimate of drug-likeness (QED) is 0.222. The molecular formula is C21H26O10. The minimum absolute atomic E-state index is 0.0604. The van der Waals surface area contributed by atoms with Crippen molar-refractivity contribution in [2.45, 2.75) is 50.5 Å². The molecule has 3 rings (SSSR count). The van der Waals surface area contributed by atoms with Gasteiger partial charge in [-0.1, -0.05) is 19.1 Å². The van der Waals surface area contributed by atoms with Gasteiger partial charge in [-0.3, -0.25) is 0 Å². The monoisotopic (exact) mass is 438 g/mol. The van der Waals surface area contributed by atoms with E-state index in [1.165, 1.54) is 12.1 Å². The highest BCUT2D eigenvalue weighted by molar-refractivity contribution is 5.86. The molecule has 2 aromatic rings. The Morgan fingerprint density at radius 3 is 2.61 bits per heavy atom. The van der Waals surface area contributed by atoms with Crippen molar-refractivity contribution in [3.63, 3.8) is 0 Å². The summed E-state index contributed by atoms with van der Waals surface area (Å²) < 4.78 is 21.3. The summed E-state index contributed by atoms with van der Waals surface area (Å²) in [6, 6.07) is 4.52. The Balaban J connectivity index is 1.81. The number of fused-ring (bicyclic) bond motifs is 1. The van der Waals surface area contributed by atoms with Crippen LogP contribution < -0.4 is 15.1 Å². The van der Waals surface area contributed by atoms with Crippen molar-refractivity contribution in [1.29, 1.82) is 0 Å². The molecule has 10 nitrogen and oxygen atoms in total. The van der Waals surface area contributed by atoms with E-state index in [9.17, 15) is 30.3 Å². The van der Waals surface area contributed by atoms with Gasteiger partial charge in [0, 0.05) is 6.07 Å². The van der Waals surface area contributed by atoms with E-state index >= 15 is 0 Å². The molecule has 0 radical (unpaired) electrons. The lowest BCUT2D eigenvalue weighted by Crippen LogP contribution is -2.60. The molecule has 170 valence electrons. The highest BCUT2D eigenvalue weighted by Gasteiger charge is 2.45. The summed E-state index contributed by atoms with van der Waals surface area (Å²) in [4.78, 5) is 12.4. The number of hydrogen-bond acceptors (Lipinski definition) is 10. The molecular weight excluding hydrogens is 412 g/mol. The summed E-state index contributed by atoms with van der Waals surface area (Å²) in [6.07, 6.45) is -2.22. The topological polar surface area (TPSA) is 159 Å². The van der Waals surface area contributed by atoms with Gasteiger partial charge in [0.25, 0.3) is 5.75 Å². The molecule has 5 N–H and O–H groups in total. The maximum Gasteiger partial charge on any atom is 0.383 e. The van der Waals surface area contributed by atoms with Crippen molar-refractivity contribution in [1.82, 2.24) is 0 Å². The Morgan fingerprint density at radius 1 is 1.13 bits per heavy atom. The van der Waals surface area contributed by atoms with Gasteiger partial charge in [-0.2, -0.15) is 0 Å². The first kappa shape index (κ1) is 23.0. The van der Waals surface area contributed by atoms with Crippen molar-refractivity contribution in [3.05, 3.63) is 40.8 Å². The Kier molecular flexibility index (Phi) is 7.52. The molecule has 1 aromatic heterocycles. The molecule has 0 amide bonds. The number of aliphatic hydroxyl groups excluding tert-OH is 4. The lowest BCUT2D eigenvalue weighted by molar-refractivity contribution is -0.278. The van der Waals surface area contributed by atoms with Crippen molar-refractivity contribution in [2.24, 2.45) is 0 Å². The number of hydrogen-bond donors (Lipinski definition) is 5. The summed E-state index contributed by atoms with van der Waals surface area (Å²) in [6.45, 7) is 1.79. The summed E-state index contributed by atoms with van der Waals surface area (Å²) >= 11 is 0. The number of allylic oxidation sites excluding steroid dienone is 1. The number of aliphatic hydroxyl groups is 4. The van der Waals surface area contributed by atoms with Gasteiger partial charge in [-0.05, 0) is 25.0 Å². The normalized spacial score (nSPS) is 26.4. The zero-order valence-electron chi connectivity index (χ0n) is 16.9. The van der Waals surface area contributed by atoms with Crippen molar-refractivity contribution in [3.8, 4) is 17.2 Å². The first-order chi connectivity index (χ1) is 14.9. The third kappa shape index (κ3) is 5.00. The minimum Gasteiger partial charge on any atom is -0.504 e. The van der Waals surface area contributed by atoms with Gasteiger partial charge in [-0.25, -0.2) is 4.79 Å². The third-order valence-electron chi connectivity index (χ3n) is 4.85. The molecule has 1 aromatic carbocycles. The summed E-state index contributed by atoms with van der Waals surface area (Å²) in [7, 11) is 0. The van der Waals surface area contributed by atoms with Crippen LogP contribution >= 0.6 is 0 Å². The predicted octanol–water partition coefficient (Wildman–Crippen LogP) is 0.412. The number of benzene rings is 1. The Morgan fingerprint density at radius 2 is 1.90 bits per heavy atom. The first-order valence-corrected chi connectivity index (χ1v) is 9.92. The van der Waals surface area contributed by atoms with Crippen LogP contribution in [0.2, 0.25) is 0 Å². The summed E-state index contributed by atoms with van der Waals surface area (Å²) in [5, 5.41) is 49.7. The standard InChI is InChI=1S/C21H26O10/c1-2-3-4-5-8-28-11-6-7-12-13(9-11)29-20(27)19(15(12)23)31-21-18(26)17(25)16(24)14(10-22)30-21/h3-4,6-7,9,14,16-18,21-26H,2,5,8,10H2,1H3/t14-,16-,17+,18-,21+/m1/s1. The summed E-state index contributed by atoms with van der Waals surface area (Å²) in [5.74, 6) is -0.751. The van der Waals surface area contributed by atoms with E-state index in [4.69, 9.17) is 18.6 Å². The third-order valence-corrected chi connectivity index (χ3v) is 4.85. The molecule has 10 heteroatoms. The molecule has 5 atom stereocenters. The molecule has 0 aliphatic carbocycles. The maximum atomic E-state index is 12.4. The number of rotatable bonds is 8. The summed E-state index contributed by atoms with van der Waals surface area (Å²) in [5.41, 5.74) is -0.991. The highest BCUT2D eigenvalue weighted by atomic mass is 16.7. The molecule has 1 aliphatic heterocycles. The SMILES string of the molecule is CCC=CCCOc1ccc2c(O)c(O[C@@H]3O[C@H](CO)[C@@H](O)[C@H](O)[C@H]3O)c(=O)oc2c1. The van der Waals surface area contributed by atoms with Crippen LogP contribution in [-0.2, 0) is 4.74 Å². The maximum absolute atomic E-state index is 12.4. The Labute approximate surface area is 177 Å². The fourth-order valence-electron chi connectivity index (χ4n) is 3.15. The van der Waals surface area contributed by atoms with Crippen molar-refractivity contribution in [2.75, 3.05) is 13.2 Å². The predicted molar refractivity (Wildman–Crippen MR) is 108 cm³/mol. The number of ether oxygens (including phenoxy) is 3. The molecule has 1 fully saturated rings. The van der Waals surface area contributed by atoms with Crippen LogP contribution in [0.3, 0.4) is 0 Å². The van der Waals surface area contributed by atoms with E-state index in [-0.39, 0.29) is 11.0 Å². The van der Waals surface area contributed by atoms with Gasteiger partial charge < -0.3 is 44.2 Å². The lowest BCUT2D eigenvalue weighted by Gasteiger charge is -2.39. The molecule has 0 spiro atoms. The fraction of sp³-hybridized carbons (Fsp3) is 0.476. The first-order valence-electron chi connectivity index (χ1n) is 9.92. The minimum atomic E-state index is -1.75. The van der Waals surface area contributed by atoms with Crippen LogP contribution in [0.4, 0.5) is 0 Å². The second kappa shape index (κ2) is 10.1. The van der Waals surface area contributed by atoms with Crippen LogP contribution in [-0.4, -0.2) is 69.5 Å². The molecule has 31 heavy (non-hydrogen) atoms. The van der Waals surface area contributed by atoms with E-state index < -0.39 is 54.4 Å². The van der Waals surface area contributed by atoms with E-state index in [1.807, 2.05) is 19.1 Å². The van der Waals surface area contributed by atoms with Gasteiger partial charge in [0.15, 0.2) is 5.75 Å². The number of aromatic hydroxyl groups is 1. The zero-order valence-corrected chi connectivity index (χ0v) is 16.9. The largest absolute Gasteiger partial charge is 0.504 e. The molecule has 1 saturated heterocycles. The molecule has 0 unspecified atom stereocenters. The molecule has 1 aliphatic rings. The Bertz CT molecular complexity index is 967. The average molecular weight is 438 g/mol. The van der Waals surface area contributed by atoms with E-state index in [0.29, 0.717) is 18.8 Å². The second-order valence-electron chi connectivity index (χ2n) is 7.06. The second-order valence-corrected chi connectivity index (χ2v) is 7.06. The Hall–Kier alpha value is -2.63. The van der Waals surface area contributed by atoms with Gasteiger partial charge in [0.2, 0.25) is 6.29 Å². The van der Waals surface area contributed by atoms with Crippen LogP contribution in [0.5, 0.6) is 17.2 Å². The fourth-order valence-corrected chi connectivity index (χ4v) is 3.15. The van der Waals surface area contributed by atoms with Gasteiger partial charge in [0.05, 0.1) is 18.6 Å². The van der Waals surface area contributed by atoms with Gasteiger partial charge >= 0.3 is 5.63 Å². The van der Waals surface area contributed by atoms with Gasteiger partial charge in [-0.15, -0.1) is 0 Å². The van der Waals surface area contributed by atoms with Crippen molar-refractivity contribution >= 4 is 11.0 Å². The van der Waals surface area contributed by atoms with E-state index in [1.54, 1.807) is 6.07 Å². The van der Waals surface area contributed by atoms with Crippen LogP contribution in [0.15, 0.2) is 39.6 Å². The molecule has 0 saturated carbocycles. The van der Waals surface area contributed by atoms with Crippen LogP contribution in [0.1, 0.15) is 19.8 Å². The average Bonchev–Trinajstić information content (AvgIpc) is 2.76. The molecule has 0 bridgehead atoms.